The highest BCUT2D eigenvalue weighted by Crippen LogP contribution is 2.23. The Morgan fingerprint density at radius 1 is 1.33 bits per heavy atom. The Kier molecular flexibility index (Phi) is 3.32. The number of hydrogen-bond acceptors (Lipinski definition) is 3. The number of aromatic nitrogens is 1. The van der Waals surface area contributed by atoms with E-state index in [0.29, 0.717) is 11.3 Å². The topological polar surface area (TPSA) is 68.5 Å². The van der Waals surface area contributed by atoms with E-state index in [1.54, 1.807) is 12.1 Å². The van der Waals surface area contributed by atoms with Crippen LogP contribution < -0.4 is 10.3 Å². The van der Waals surface area contributed by atoms with E-state index in [9.17, 15) is 9.59 Å². The SMILES string of the molecule is COc1cccc2ccc(=O)n(CCC(=O)O)c12. The molecule has 0 aliphatic heterocycles. The molecule has 0 bridgehead atoms. The van der Waals surface area contributed by atoms with Gasteiger partial charge in [0.25, 0.3) is 5.56 Å². The predicted octanol–water partition coefficient (Wildman–Crippen LogP) is 1.48. The summed E-state index contributed by atoms with van der Waals surface area (Å²) in [5.74, 6) is -0.371. The minimum Gasteiger partial charge on any atom is -0.495 e. The Bertz CT molecular complexity index is 645. The van der Waals surface area contributed by atoms with Gasteiger partial charge in [0, 0.05) is 18.0 Å². The number of carboxylic acids is 1. The largest absolute Gasteiger partial charge is 0.495 e. The van der Waals surface area contributed by atoms with Crippen molar-refractivity contribution >= 4 is 16.9 Å². The minimum absolute atomic E-state index is 0.100. The molecule has 1 aromatic carbocycles. The lowest BCUT2D eigenvalue weighted by Crippen LogP contribution is -2.21. The predicted molar refractivity (Wildman–Crippen MR) is 67.0 cm³/mol. The van der Waals surface area contributed by atoms with Gasteiger partial charge in [-0.2, -0.15) is 0 Å². The molecule has 0 amide bonds. The zero-order chi connectivity index (χ0) is 13.1. The van der Waals surface area contributed by atoms with Crippen LogP contribution in [0.4, 0.5) is 0 Å². The van der Waals surface area contributed by atoms with Crippen molar-refractivity contribution in [3.8, 4) is 5.75 Å². The Hall–Kier alpha value is -2.30. The number of benzene rings is 1. The Balaban J connectivity index is 2.64. The molecule has 0 saturated carbocycles. The normalized spacial score (nSPS) is 10.5. The van der Waals surface area contributed by atoms with Crippen LogP contribution in [0.3, 0.4) is 0 Å². The molecule has 5 heteroatoms. The van der Waals surface area contributed by atoms with Crippen molar-refractivity contribution in [3.05, 3.63) is 40.7 Å². The average Bonchev–Trinajstić information content (AvgIpc) is 2.36. The van der Waals surface area contributed by atoms with E-state index in [1.807, 2.05) is 12.1 Å². The minimum atomic E-state index is -0.936. The van der Waals surface area contributed by atoms with Crippen molar-refractivity contribution in [2.75, 3.05) is 7.11 Å². The number of fused-ring (bicyclic) bond motifs is 1. The fraction of sp³-hybridized carbons (Fsp3) is 0.231. The number of carboxylic acid groups (broad SMARTS) is 1. The first-order valence-electron chi connectivity index (χ1n) is 5.52. The summed E-state index contributed by atoms with van der Waals surface area (Å²) in [7, 11) is 1.52. The molecule has 2 rings (SSSR count). The Labute approximate surface area is 103 Å². The summed E-state index contributed by atoms with van der Waals surface area (Å²) in [5, 5.41) is 9.56. The van der Waals surface area contributed by atoms with Crippen molar-refractivity contribution in [2.45, 2.75) is 13.0 Å². The van der Waals surface area contributed by atoms with Crippen LogP contribution in [-0.2, 0) is 11.3 Å². The van der Waals surface area contributed by atoms with Crippen molar-refractivity contribution in [1.29, 1.82) is 0 Å². The second-order valence-corrected chi connectivity index (χ2v) is 3.87. The number of aliphatic carboxylic acids is 1. The molecule has 94 valence electrons. The average molecular weight is 247 g/mol. The molecule has 1 N–H and O–H groups in total. The van der Waals surface area contributed by atoms with Crippen LogP contribution in [0.25, 0.3) is 10.9 Å². The molecular weight excluding hydrogens is 234 g/mol. The van der Waals surface area contributed by atoms with Gasteiger partial charge in [-0.25, -0.2) is 0 Å². The summed E-state index contributed by atoms with van der Waals surface area (Å²) in [5.41, 5.74) is 0.405. The fourth-order valence-corrected chi connectivity index (χ4v) is 1.92. The molecule has 0 spiro atoms. The van der Waals surface area contributed by atoms with Gasteiger partial charge in [0.2, 0.25) is 0 Å². The maximum absolute atomic E-state index is 11.8. The second-order valence-electron chi connectivity index (χ2n) is 3.87. The smallest absolute Gasteiger partial charge is 0.305 e. The van der Waals surface area contributed by atoms with Gasteiger partial charge in [-0.15, -0.1) is 0 Å². The van der Waals surface area contributed by atoms with Gasteiger partial charge in [0.1, 0.15) is 5.75 Å². The van der Waals surface area contributed by atoms with Gasteiger partial charge in [0.15, 0.2) is 0 Å². The Morgan fingerprint density at radius 3 is 2.78 bits per heavy atom. The fourth-order valence-electron chi connectivity index (χ4n) is 1.92. The van der Waals surface area contributed by atoms with E-state index in [-0.39, 0.29) is 18.5 Å². The molecule has 18 heavy (non-hydrogen) atoms. The maximum atomic E-state index is 11.8. The lowest BCUT2D eigenvalue weighted by molar-refractivity contribution is -0.137. The van der Waals surface area contributed by atoms with E-state index in [2.05, 4.69) is 0 Å². The summed E-state index contributed by atoms with van der Waals surface area (Å²) in [6, 6.07) is 8.57. The van der Waals surface area contributed by atoms with E-state index in [0.717, 1.165) is 5.39 Å². The lowest BCUT2D eigenvalue weighted by atomic mass is 10.2. The number of para-hydroxylation sites is 1. The molecule has 0 fully saturated rings. The van der Waals surface area contributed by atoms with E-state index in [4.69, 9.17) is 9.84 Å². The quantitative estimate of drug-likeness (QED) is 0.888. The van der Waals surface area contributed by atoms with Crippen molar-refractivity contribution in [3.63, 3.8) is 0 Å². The number of nitrogens with zero attached hydrogens (tertiary/aromatic N) is 1. The third-order valence-corrected chi connectivity index (χ3v) is 2.74. The summed E-state index contributed by atoms with van der Waals surface area (Å²) in [6.45, 7) is 0.131. The van der Waals surface area contributed by atoms with Crippen molar-refractivity contribution < 1.29 is 14.6 Å². The van der Waals surface area contributed by atoms with E-state index < -0.39 is 5.97 Å². The van der Waals surface area contributed by atoms with Gasteiger partial charge in [-0.05, 0) is 12.1 Å². The summed E-state index contributed by atoms with van der Waals surface area (Å²) in [6.07, 6.45) is -0.100. The molecule has 0 atom stereocenters. The first kappa shape index (κ1) is 12.2. The highest BCUT2D eigenvalue weighted by molar-refractivity contribution is 5.85. The molecule has 1 heterocycles. The number of aryl methyl sites for hydroxylation is 1. The van der Waals surface area contributed by atoms with Crippen LogP contribution in [0.5, 0.6) is 5.75 Å². The number of hydrogen-bond donors (Lipinski definition) is 1. The zero-order valence-electron chi connectivity index (χ0n) is 9.92. The zero-order valence-corrected chi connectivity index (χ0v) is 9.92. The third-order valence-electron chi connectivity index (χ3n) is 2.74. The van der Waals surface area contributed by atoms with Crippen molar-refractivity contribution in [1.82, 2.24) is 4.57 Å². The molecule has 0 unspecified atom stereocenters. The van der Waals surface area contributed by atoms with Crippen LogP contribution in [0, 0.1) is 0 Å². The molecule has 2 aromatic rings. The second kappa shape index (κ2) is 4.91. The number of pyridine rings is 1. The van der Waals surface area contributed by atoms with E-state index in [1.165, 1.54) is 17.7 Å². The lowest BCUT2D eigenvalue weighted by Gasteiger charge is -2.12. The summed E-state index contributed by atoms with van der Waals surface area (Å²) >= 11 is 0. The van der Waals surface area contributed by atoms with Gasteiger partial charge in [-0.3, -0.25) is 9.59 Å². The van der Waals surface area contributed by atoms with Gasteiger partial charge < -0.3 is 14.4 Å². The molecular formula is C13H13NO4. The molecule has 0 aliphatic carbocycles. The van der Waals surface area contributed by atoms with Gasteiger partial charge in [0.05, 0.1) is 19.0 Å². The Morgan fingerprint density at radius 2 is 2.11 bits per heavy atom. The molecule has 0 aliphatic rings. The van der Waals surface area contributed by atoms with Gasteiger partial charge in [-0.1, -0.05) is 12.1 Å². The maximum Gasteiger partial charge on any atom is 0.305 e. The number of carbonyl (C=O) groups is 1. The number of methoxy groups -OCH3 is 1. The van der Waals surface area contributed by atoms with Crippen molar-refractivity contribution in [2.24, 2.45) is 0 Å². The summed E-state index contributed by atoms with van der Waals surface area (Å²) < 4.78 is 6.66. The third kappa shape index (κ3) is 2.20. The van der Waals surface area contributed by atoms with Crippen LogP contribution in [0.2, 0.25) is 0 Å². The molecule has 0 saturated heterocycles. The highest BCUT2D eigenvalue weighted by atomic mass is 16.5. The molecule has 5 nitrogen and oxygen atoms in total. The first-order valence-corrected chi connectivity index (χ1v) is 5.52. The molecule has 0 radical (unpaired) electrons. The molecule has 1 aromatic heterocycles. The standard InChI is InChI=1S/C13H13NO4/c1-18-10-4-2-3-9-5-6-11(15)14(13(9)10)8-7-12(16)17/h2-6H,7-8H2,1H3,(H,16,17). The van der Waals surface area contributed by atoms with Crippen LogP contribution in [0.15, 0.2) is 35.1 Å². The monoisotopic (exact) mass is 247 g/mol. The van der Waals surface area contributed by atoms with Gasteiger partial charge >= 0.3 is 5.97 Å². The van der Waals surface area contributed by atoms with Crippen LogP contribution in [0.1, 0.15) is 6.42 Å². The van der Waals surface area contributed by atoms with Crippen LogP contribution in [-0.4, -0.2) is 22.8 Å². The van der Waals surface area contributed by atoms with E-state index >= 15 is 0 Å². The number of rotatable bonds is 4. The number of ether oxygens (including phenoxy) is 1. The van der Waals surface area contributed by atoms with Crippen LogP contribution >= 0.6 is 0 Å². The highest BCUT2D eigenvalue weighted by Gasteiger charge is 2.09. The summed E-state index contributed by atoms with van der Waals surface area (Å²) in [4.78, 5) is 22.5. The first-order chi connectivity index (χ1) is 8.63.